The minimum atomic E-state index is 1.03. The molecule has 0 N–H and O–H groups in total. The Bertz CT molecular complexity index is 2010. The van der Waals surface area contributed by atoms with E-state index in [0.29, 0.717) is 0 Å². The van der Waals surface area contributed by atoms with Crippen LogP contribution in [0.2, 0.25) is 0 Å². The van der Waals surface area contributed by atoms with E-state index < -0.39 is 0 Å². The second kappa shape index (κ2) is 34.7. The van der Waals surface area contributed by atoms with Crippen LogP contribution in [0.3, 0.4) is 0 Å². The molecule has 4 aromatic carbocycles. The number of nitrogens with zero attached hydrogens (tertiary/aromatic N) is 2. The first-order chi connectivity index (χ1) is 33.9. The number of rotatable bonds is 34. The van der Waals surface area contributed by atoms with Crippen LogP contribution in [0, 0.1) is 0 Å². The van der Waals surface area contributed by atoms with E-state index in [-0.39, 0.29) is 0 Å². The molecule has 1 heterocycles. The van der Waals surface area contributed by atoms with Crippen molar-refractivity contribution < 1.29 is 19.1 Å². The Labute approximate surface area is 431 Å². The number of hydrogen-bond acceptors (Lipinski definition) is 0. The van der Waals surface area contributed by atoms with Gasteiger partial charge in [-0.2, -0.15) is 0 Å². The van der Waals surface area contributed by atoms with Crippen LogP contribution in [0.4, 0.5) is 0 Å². The predicted molar refractivity (Wildman–Crippen MR) is 300 cm³/mol. The number of benzene rings is 4. The van der Waals surface area contributed by atoms with Crippen LogP contribution in [0.5, 0.6) is 0 Å². The Morgan fingerprint density at radius 3 is 1.01 bits per heavy atom. The zero-order chi connectivity index (χ0) is 49.5. The second-order valence-electron chi connectivity index (χ2n) is 20.1. The number of hydrogen-bond donors (Lipinski definition) is 0. The summed E-state index contributed by atoms with van der Waals surface area (Å²) < 4.78 is 1.72. The zero-order valence-corrected chi connectivity index (χ0v) is 46.5. The van der Waals surface area contributed by atoms with E-state index >= 15 is 0 Å². The molecule has 1 aliphatic rings. The molecule has 0 aliphatic carbocycles. The Balaban J connectivity index is 0.000000580. The van der Waals surface area contributed by atoms with Crippen molar-refractivity contribution in [2.24, 2.45) is 0 Å². The fraction of sp³-hybridized carbons (Fsp3) is 0.576. The van der Waals surface area contributed by atoms with Crippen molar-refractivity contribution in [1.82, 2.24) is 0 Å². The number of aryl methyl sites for hydroxylation is 4. The topological polar surface area (TPSA) is 25.3 Å². The Kier molecular flexibility index (Phi) is 29.2. The standard InChI is InChI=1S/C52H84N2.2C7H7.Ni/c1-9-17-25-31-43-39-46(40-44(32-26-18-10-2)48(43)35-27-19-11-3)52-50(36-28-20-12-4)49(34-24-16-8)51(54(52)53)45-37-41(29-21-13-5)47(33-23-15-7)42(38-45)30-22-14-6;2*1-7-5-3-2-4-6-7;/h37-40H,9-36H2,1-8H3;2*2-6H,1H2;. The summed E-state index contributed by atoms with van der Waals surface area (Å²) in [6.45, 7) is 18.6. The molecule has 69 heavy (non-hydrogen) atoms. The molecular formula is C66H98N2Ni. The predicted octanol–water partition coefficient (Wildman–Crippen LogP) is 20.3. The zero-order valence-electron chi connectivity index (χ0n) is 45.5. The quantitative estimate of drug-likeness (QED) is 0.0253. The van der Waals surface area contributed by atoms with E-state index in [9.17, 15) is 5.53 Å². The molecule has 0 spiro atoms. The van der Waals surface area contributed by atoms with Gasteiger partial charge in [-0.25, -0.2) is 4.70 Å². The summed E-state index contributed by atoms with van der Waals surface area (Å²) >= 11 is 1.78. The molecule has 0 saturated carbocycles. The molecular weight excluding hydrogens is 879 g/mol. The summed E-state index contributed by atoms with van der Waals surface area (Å²) in [5, 5.41) is 2.23. The van der Waals surface area contributed by atoms with Crippen molar-refractivity contribution in [3.8, 4) is 0 Å². The third-order valence-corrected chi connectivity index (χ3v) is 15.5. The van der Waals surface area contributed by atoms with Gasteiger partial charge in [0, 0.05) is 22.3 Å². The van der Waals surface area contributed by atoms with E-state index in [1.54, 1.807) is 52.5 Å². The van der Waals surface area contributed by atoms with Crippen molar-refractivity contribution in [2.45, 2.75) is 246 Å². The average molecular weight is 978 g/mol. The summed E-state index contributed by atoms with van der Waals surface area (Å²) in [6.07, 6.45) is 33.7. The van der Waals surface area contributed by atoms with Crippen molar-refractivity contribution in [1.29, 1.82) is 0 Å². The first-order valence-corrected chi connectivity index (χ1v) is 30.1. The molecule has 0 amide bonds. The van der Waals surface area contributed by atoms with Crippen LogP contribution < -0.4 is 0 Å². The average Bonchev–Trinajstić information content (AvgIpc) is 3.65. The van der Waals surface area contributed by atoms with Crippen LogP contribution in [-0.4, -0.2) is 4.70 Å². The van der Waals surface area contributed by atoms with Gasteiger partial charge >= 0.3 is 97.0 Å². The molecule has 4 aromatic rings. The molecule has 0 atom stereocenters. The van der Waals surface area contributed by atoms with Gasteiger partial charge in [0.05, 0.1) is 0 Å². The maximum absolute atomic E-state index is 12.9. The van der Waals surface area contributed by atoms with Gasteiger partial charge in [-0.1, -0.05) is 132 Å². The Hall–Kier alpha value is -3.55. The van der Waals surface area contributed by atoms with E-state index in [1.165, 1.54) is 162 Å². The van der Waals surface area contributed by atoms with Crippen molar-refractivity contribution >= 4 is 11.4 Å². The monoisotopic (exact) mass is 977 g/mol. The van der Waals surface area contributed by atoms with Crippen molar-refractivity contribution in [3.05, 3.63) is 157 Å². The molecule has 3 heteroatoms. The van der Waals surface area contributed by atoms with Gasteiger partial charge in [0.2, 0.25) is 11.4 Å². The van der Waals surface area contributed by atoms with Crippen LogP contribution >= 0.6 is 0 Å². The molecule has 0 aromatic heterocycles. The summed E-state index contributed by atoms with van der Waals surface area (Å²) in [5.41, 5.74) is 32.7. The SMILES string of the molecule is CCCCCC1=C(c2cc(CCCCC)c(CCCCC)c(CCCCC)c2)[N+](=[N-])C(c2cc(CCCC)c(CCCC)c(CCCC)c2)=C1CCCC.c1ccc([CH2][Ni][CH2]c2ccccc2)cc1. The van der Waals surface area contributed by atoms with Crippen molar-refractivity contribution in [2.75, 3.05) is 0 Å². The molecule has 0 radical (unpaired) electrons. The van der Waals surface area contributed by atoms with Gasteiger partial charge in [-0.15, -0.1) is 0 Å². The van der Waals surface area contributed by atoms with Crippen molar-refractivity contribution in [3.63, 3.8) is 0 Å². The Morgan fingerprint density at radius 2 is 0.638 bits per heavy atom. The molecule has 5 rings (SSSR count). The fourth-order valence-corrected chi connectivity index (χ4v) is 11.4. The van der Waals surface area contributed by atoms with E-state index in [4.69, 9.17) is 0 Å². The van der Waals surface area contributed by atoms with Crippen LogP contribution in [0.15, 0.2) is 96.1 Å². The van der Waals surface area contributed by atoms with E-state index in [1.807, 2.05) is 0 Å². The second-order valence-corrected chi connectivity index (χ2v) is 21.3. The van der Waals surface area contributed by atoms with Gasteiger partial charge < -0.3 is 5.53 Å². The molecule has 0 saturated heterocycles. The van der Waals surface area contributed by atoms with Gasteiger partial charge in [-0.05, 0) is 160 Å². The van der Waals surface area contributed by atoms with Crippen LogP contribution in [0.1, 0.15) is 252 Å². The Morgan fingerprint density at radius 1 is 0.348 bits per heavy atom. The first-order valence-electron chi connectivity index (χ1n) is 28.7. The third kappa shape index (κ3) is 19.2. The van der Waals surface area contributed by atoms with Crippen LogP contribution in [-0.2, 0) is 63.7 Å². The molecule has 0 unspecified atom stereocenters. The summed E-state index contributed by atoms with van der Waals surface area (Å²) in [4.78, 5) is 0. The number of allylic oxidation sites excluding steroid dienone is 2. The van der Waals surface area contributed by atoms with Gasteiger partial charge in [0.15, 0.2) is 0 Å². The maximum atomic E-state index is 12.9. The normalized spacial score (nSPS) is 12.7. The molecule has 0 fully saturated rings. The summed E-state index contributed by atoms with van der Waals surface area (Å²) in [5.74, 6) is 0. The number of unbranched alkanes of at least 4 members (excludes halogenated alkanes) is 12. The van der Waals surface area contributed by atoms with E-state index in [0.717, 1.165) is 73.5 Å². The van der Waals surface area contributed by atoms with Gasteiger partial charge in [-0.3, -0.25) is 0 Å². The molecule has 382 valence electrons. The van der Waals surface area contributed by atoms with Gasteiger partial charge in [0.25, 0.3) is 0 Å². The third-order valence-electron chi connectivity index (χ3n) is 14.2. The fourth-order valence-electron chi connectivity index (χ4n) is 10.2. The van der Waals surface area contributed by atoms with E-state index in [2.05, 4.69) is 140 Å². The molecule has 1 aliphatic heterocycles. The first kappa shape index (κ1) is 58.0. The summed E-state index contributed by atoms with van der Waals surface area (Å²) in [7, 11) is 0. The van der Waals surface area contributed by atoms with Gasteiger partial charge in [0.1, 0.15) is 0 Å². The summed E-state index contributed by atoms with van der Waals surface area (Å²) in [6, 6.07) is 31.4. The molecule has 0 bridgehead atoms. The molecule has 2 nitrogen and oxygen atoms in total. The minimum absolute atomic E-state index is 1.03. The van der Waals surface area contributed by atoms with Crippen LogP contribution in [0.25, 0.3) is 16.9 Å².